The molecule has 1 aromatic heterocycles. The third-order valence-corrected chi connectivity index (χ3v) is 5.90. The predicted octanol–water partition coefficient (Wildman–Crippen LogP) is 3.87. The van der Waals surface area contributed by atoms with Gasteiger partial charge in [-0.05, 0) is 30.5 Å². The van der Waals surface area contributed by atoms with Gasteiger partial charge in [-0.1, -0.05) is 12.1 Å². The highest BCUT2D eigenvalue weighted by Crippen LogP contribution is 2.38. The molecule has 31 heavy (non-hydrogen) atoms. The Kier molecular flexibility index (Phi) is 5.72. The number of halogens is 4. The Morgan fingerprint density at radius 3 is 2.58 bits per heavy atom. The Morgan fingerprint density at radius 1 is 1.19 bits per heavy atom. The number of hydrogen-bond acceptors (Lipinski definition) is 5. The monoisotopic (exact) mass is 437 g/mol. The van der Waals surface area contributed by atoms with Gasteiger partial charge in [0.15, 0.2) is 11.6 Å². The number of hydrogen-bond donors (Lipinski definition) is 1. The fraction of sp³-hybridized carbons (Fsp3) is 0.476. The molecule has 3 heterocycles. The van der Waals surface area contributed by atoms with Crippen molar-refractivity contribution in [2.24, 2.45) is 5.92 Å². The summed E-state index contributed by atoms with van der Waals surface area (Å²) in [6.45, 7) is 1.56. The third kappa shape index (κ3) is 4.42. The van der Waals surface area contributed by atoms with Crippen LogP contribution >= 0.6 is 0 Å². The van der Waals surface area contributed by atoms with Crippen LogP contribution in [0.1, 0.15) is 36.4 Å². The van der Waals surface area contributed by atoms with E-state index in [4.69, 9.17) is 0 Å². The number of anilines is 2. The maximum Gasteiger partial charge on any atom is 0.416 e. The molecule has 2 aliphatic heterocycles. The number of aromatic nitrogens is 2. The van der Waals surface area contributed by atoms with Crippen LogP contribution in [-0.4, -0.2) is 47.5 Å². The van der Waals surface area contributed by atoms with E-state index in [1.54, 1.807) is 16.8 Å². The molecule has 1 aromatic carbocycles. The van der Waals surface area contributed by atoms with Crippen molar-refractivity contribution in [3.05, 3.63) is 47.5 Å². The zero-order chi connectivity index (χ0) is 22.2. The summed E-state index contributed by atoms with van der Waals surface area (Å²) in [7, 11) is 1.74. The van der Waals surface area contributed by atoms with E-state index < -0.39 is 17.6 Å². The second-order valence-electron chi connectivity index (χ2n) is 8.06. The average Bonchev–Trinajstić information content (AvgIpc) is 3.33. The normalized spacial score (nSPS) is 21.8. The molecule has 6 nitrogen and oxygen atoms in total. The lowest BCUT2D eigenvalue weighted by Gasteiger charge is -2.27. The van der Waals surface area contributed by atoms with Crippen LogP contribution in [0.3, 0.4) is 0 Å². The maximum absolute atomic E-state index is 15.2. The first-order valence-electron chi connectivity index (χ1n) is 10.2. The SMILES string of the molecule is CN1CC(CNc2ncnc(N3CCCC3c3ccc(C(F)(F)F)cc3)c2F)CC1=O. The van der Waals surface area contributed by atoms with Crippen molar-refractivity contribution < 1.29 is 22.4 Å². The summed E-state index contributed by atoms with van der Waals surface area (Å²) in [5.41, 5.74) is -0.0259. The van der Waals surface area contributed by atoms with Gasteiger partial charge in [-0.15, -0.1) is 0 Å². The highest BCUT2D eigenvalue weighted by molar-refractivity contribution is 5.78. The minimum atomic E-state index is -4.40. The van der Waals surface area contributed by atoms with E-state index in [1.807, 2.05) is 0 Å². The lowest BCUT2D eigenvalue weighted by atomic mass is 10.0. The van der Waals surface area contributed by atoms with Crippen LogP contribution in [-0.2, 0) is 11.0 Å². The van der Waals surface area contributed by atoms with E-state index in [0.29, 0.717) is 38.0 Å². The summed E-state index contributed by atoms with van der Waals surface area (Å²) in [5, 5.41) is 2.98. The number of benzene rings is 1. The number of likely N-dealkylation sites (tertiary alicyclic amines) is 1. The highest BCUT2D eigenvalue weighted by atomic mass is 19.4. The summed E-state index contributed by atoms with van der Waals surface area (Å²) < 4.78 is 53.8. The largest absolute Gasteiger partial charge is 0.416 e. The van der Waals surface area contributed by atoms with Gasteiger partial charge >= 0.3 is 6.18 Å². The van der Waals surface area contributed by atoms with Crippen molar-refractivity contribution in [1.82, 2.24) is 14.9 Å². The number of amides is 1. The van der Waals surface area contributed by atoms with E-state index in [0.717, 1.165) is 18.6 Å². The van der Waals surface area contributed by atoms with Crippen molar-refractivity contribution in [3.63, 3.8) is 0 Å². The minimum Gasteiger partial charge on any atom is -0.367 e. The Hall–Kier alpha value is -2.91. The third-order valence-electron chi connectivity index (χ3n) is 5.90. The molecule has 2 aliphatic rings. The van der Waals surface area contributed by atoms with Gasteiger partial charge in [0, 0.05) is 39.0 Å². The number of carbonyl (C=O) groups is 1. The molecule has 4 rings (SSSR count). The van der Waals surface area contributed by atoms with E-state index in [2.05, 4.69) is 15.3 Å². The number of alkyl halides is 3. The molecule has 2 atom stereocenters. The van der Waals surface area contributed by atoms with Crippen molar-refractivity contribution >= 4 is 17.5 Å². The Bertz CT molecular complexity index is 950. The van der Waals surface area contributed by atoms with Gasteiger partial charge in [0.25, 0.3) is 0 Å². The summed E-state index contributed by atoms with van der Waals surface area (Å²) in [5.74, 6) is -0.280. The van der Waals surface area contributed by atoms with Gasteiger partial charge in [-0.2, -0.15) is 17.6 Å². The first-order chi connectivity index (χ1) is 14.7. The lowest BCUT2D eigenvalue weighted by molar-refractivity contribution is -0.137. The van der Waals surface area contributed by atoms with Crippen molar-refractivity contribution in [2.75, 3.05) is 36.9 Å². The zero-order valence-electron chi connectivity index (χ0n) is 17.0. The number of nitrogens with one attached hydrogen (secondary N) is 1. The highest BCUT2D eigenvalue weighted by Gasteiger charge is 2.33. The molecule has 1 amide bonds. The van der Waals surface area contributed by atoms with Crippen LogP contribution in [0.4, 0.5) is 29.2 Å². The predicted molar refractivity (Wildman–Crippen MR) is 107 cm³/mol. The standard InChI is InChI=1S/C21H23F4N5O/c1-29-11-13(9-17(29)31)10-26-19-18(22)20(28-12-27-19)30-8-2-3-16(30)14-4-6-15(7-5-14)21(23,24)25/h4-7,12-13,16H,2-3,8-11H2,1H3,(H,26,27,28). The molecule has 166 valence electrons. The van der Waals surface area contributed by atoms with Crippen molar-refractivity contribution in [3.8, 4) is 0 Å². The zero-order valence-corrected chi connectivity index (χ0v) is 17.0. The molecule has 0 bridgehead atoms. The second kappa shape index (κ2) is 8.32. The summed E-state index contributed by atoms with van der Waals surface area (Å²) >= 11 is 0. The van der Waals surface area contributed by atoms with E-state index in [-0.39, 0.29) is 29.5 Å². The van der Waals surface area contributed by atoms with Crippen LogP contribution in [0.15, 0.2) is 30.6 Å². The van der Waals surface area contributed by atoms with Crippen LogP contribution in [0, 0.1) is 11.7 Å². The topological polar surface area (TPSA) is 61.4 Å². The Balaban J connectivity index is 1.50. The molecule has 2 aromatic rings. The van der Waals surface area contributed by atoms with Gasteiger partial charge < -0.3 is 15.1 Å². The number of carbonyl (C=O) groups excluding carboxylic acids is 1. The Labute approximate surface area is 177 Å². The van der Waals surface area contributed by atoms with Gasteiger partial charge in [0.2, 0.25) is 11.7 Å². The molecule has 2 saturated heterocycles. The molecule has 0 saturated carbocycles. The van der Waals surface area contributed by atoms with Crippen molar-refractivity contribution in [1.29, 1.82) is 0 Å². The first-order valence-corrected chi connectivity index (χ1v) is 10.2. The minimum absolute atomic E-state index is 0.0603. The summed E-state index contributed by atoms with van der Waals surface area (Å²) in [6.07, 6.45) is -1.26. The van der Waals surface area contributed by atoms with E-state index in [1.165, 1.54) is 18.5 Å². The smallest absolute Gasteiger partial charge is 0.367 e. The number of rotatable bonds is 5. The molecule has 2 fully saturated rings. The molecular formula is C21H23F4N5O. The van der Waals surface area contributed by atoms with Gasteiger partial charge in [0.05, 0.1) is 11.6 Å². The number of nitrogens with zero attached hydrogens (tertiary/aromatic N) is 4. The molecule has 10 heteroatoms. The van der Waals surface area contributed by atoms with Crippen molar-refractivity contribution in [2.45, 2.75) is 31.5 Å². The quantitative estimate of drug-likeness (QED) is 0.720. The first kappa shape index (κ1) is 21.3. The fourth-order valence-corrected chi connectivity index (χ4v) is 4.28. The van der Waals surface area contributed by atoms with Crippen LogP contribution < -0.4 is 10.2 Å². The van der Waals surface area contributed by atoms with Crippen LogP contribution in [0.5, 0.6) is 0 Å². The molecule has 1 N–H and O–H groups in total. The average molecular weight is 437 g/mol. The maximum atomic E-state index is 15.2. The van der Waals surface area contributed by atoms with Gasteiger partial charge in [0.1, 0.15) is 6.33 Å². The lowest BCUT2D eigenvalue weighted by Crippen LogP contribution is -2.26. The fourth-order valence-electron chi connectivity index (χ4n) is 4.28. The van der Waals surface area contributed by atoms with Gasteiger partial charge in [-0.3, -0.25) is 4.79 Å². The molecule has 2 unspecified atom stereocenters. The summed E-state index contributed by atoms with van der Waals surface area (Å²) in [4.78, 5) is 23.2. The second-order valence-corrected chi connectivity index (χ2v) is 8.06. The molecular weight excluding hydrogens is 414 g/mol. The van der Waals surface area contributed by atoms with Gasteiger partial charge in [-0.25, -0.2) is 9.97 Å². The molecule has 0 aliphatic carbocycles. The van der Waals surface area contributed by atoms with E-state index >= 15 is 4.39 Å². The van der Waals surface area contributed by atoms with Crippen LogP contribution in [0.25, 0.3) is 0 Å². The Morgan fingerprint density at radius 2 is 1.94 bits per heavy atom. The summed E-state index contributed by atoms with van der Waals surface area (Å²) in [6, 6.07) is 4.72. The van der Waals surface area contributed by atoms with E-state index in [9.17, 15) is 18.0 Å². The molecule has 0 spiro atoms. The van der Waals surface area contributed by atoms with Crippen LogP contribution in [0.2, 0.25) is 0 Å². The molecule has 0 radical (unpaired) electrons.